The van der Waals surface area contributed by atoms with Crippen LogP contribution in [-0.4, -0.2) is 40.2 Å². The number of hydrogen-bond donors (Lipinski definition) is 2. The first-order valence-corrected chi connectivity index (χ1v) is 4.98. The number of hydrogen-bond acceptors (Lipinski definition) is 4. The van der Waals surface area contributed by atoms with Gasteiger partial charge in [0.15, 0.2) is 0 Å². The number of ether oxygens (including phenoxy) is 1. The normalized spacial score (nSPS) is 45.8. The quantitative estimate of drug-likeness (QED) is 0.602. The Morgan fingerprint density at radius 3 is 2.55 bits per heavy atom. The highest BCUT2D eigenvalue weighted by Gasteiger charge is 2.33. The minimum Gasteiger partial charge on any atom is -0.390 e. The lowest BCUT2D eigenvalue weighted by Crippen LogP contribution is -2.45. The topological polar surface area (TPSA) is 49.7 Å². The minimum absolute atomic E-state index is 0.0309. The predicted octanol–water partition coefficient (Wildman–Crippen LogP) is 0.206. The molecule has 1 aliphatic rings. The molecule has 0 aliphatic carbocycles. The molecule has 1 saturated heterocycles. The highest BCUT2D eigenvalue weighted by molar-refractivity contribution is 7.99. The number of thioether (sulfide) groups is 1. The van der Waals surface area contributed by atoms with Crippen molar-refractivity contribution in [2.45, 2.75) is 37.1 Å². The summed E-state index contributed by atoms with van der Waals surface area (Å²) in [6.07, 6.45) is 0.847. The van der Waals surface area contributed by atoms with Crippen molar-refractivity contribution in [3.8, 4) is 0 Å². The lowest BCUT2D eigenvalue weighted by molar-refractivity contribution is -0.137. The average Bonchev–Trinajstić information content (AvgIpc) is 1.99. The fourth-order valence-corrected chi connectivity index (χ4v) is 1.85. The second-order valence-electron chi connectivity index (χ2n) is 2.80. The first-order chi connectivity index (χ1) is 5.15. The Hall–Kier alpha value is 0.230. The molecule has 0 spiro atoms. The van der Waals surface area contributed by atoms with Gasteiger partial charge in [-0.2, -0.15) is 0 Å². The van der Waals surface area contributed by atoms with Crippen LogP contribution in [-0.2, 0) is 4.74 Å². The summed E-state index contributed by atoms with van der Waals surface area (Å²) < 4.78 is 5.37. The molecule has 0 radical (unpaired) electrons. The van der Waals surface area contributed by atoms with Crippen LogP contribution in [0.3, 0.4) is 0 Å². The second-order valence-corrected chi connectivity index (χ2v) is 3.80. The maximum Gasteiger partial charge on any atom is 0.106 e. The van der Waals surface area contributed by atoms with E-state index in [1.54, 1.807) is 18.7 Å². The summed E-state index contributed by atoms with van der Waals surface area (Å²) in [7, 11) is 0. The van der Waals surface area contributed by atoms with Crippen LogP contribution in [0.2, 0.25) is 0 Å². The molecule has 4 atom stereocenters. The van der Waals surface area contributed by atoms with E-state index in [1.807, 2.05) is 6.26 Å². The molecule has 11 heavy (non-hydrogen) atoms. The summed E-state index contributed by atoms with van der Waals surface area (Å²) in [4.78, 5) is 0. The molecule has 4 heteroatoms. The maximum absolute atomic E-state index is 9.31. The molecule has 1 heterocycles. The van der Waals surface area contributed by atoms with Gasteiger partial charge in [-0.25, -0.2) is 0 Å². The van der Waals surface area contributed by atoms with Gasteiger partial charge in [-0.1, -0.05) is 0 Å². The first-order valence-electron chi connectivity index (χ1n) is 3.69. The van der Waals surface area contributed by atoms with Crippen LogP contribution in [0.25, 0.3) is 0 Å². The van der Waals surface area contributed by atoms with Crippen molar-refractivity contribution in [2.75, 3.05) is 6.26 Å². The Balaban J connectivity index is 2.47. The summed E-state index contributed by atoms with van der Waals surface area (Å²) >= 11 is 1.56. The predicted molar refractivity (Wildman–Crippen MR) is 44.5 cm³/mol. The third-order valence-electron chi connectivity index (χ3n) is 1.94. The van der Waals surface area contributed by atoms with E-state index in [1.165, 1.54) is 0 Å². The monoisotopic (exact) mass is 178 g/mol. The van der Waals surface area contributed by atoms with E-state index >= 15 is 0 Å². The van der Waals surface area contributed by atoms with Gasteiger partial charge in [-0.05, 0) is 13.2 Å². The van der Waals surface area contributed by atoms with E-state index in [9.17, 15) is 10.2 Å². The van der Waals surface area contributed by atoms with E-state index in [0.717, 1.165) is 0 Å². The molecular formula is C7H14O3S. The molecule has 0 aromatic heterocycles. The summed E-state index contributed by atoms with van der Waals surface area (Å²) in [5.41, 5.74) is 0.0309. The SMILES string of the molecule is CSC1CC(O)C(O)C(C)O1. The van der Waals surface area contributed by atoms with E-state index < -0.39 is 12.2 Å². The van der Waals surface area contributed by atoms with E-state index in [4.69, 9.17) is 4.74 Å². The highest BCUT2D eigenvalue weighted by atomic mass is 32.2. The van der Waals surface area contributed by atoms with Gasteiger partial charge in [0.2, 0.25) is 0 Å². The van der Waals surface area contributed by atoms with E-state index in [-0.39, 0.29) is 11.5 Å². The lowest BCUT2D eigenvalue weighted by atomic mass is 10.0. The fraction of sp³-hybridized carbons (Fsp3) is 1.00. The van der Waals surface area contributed by atoms with Crippen LogP contribution in [0.15, 0.2) is 0 Å². The Labute approximate surface area is 70.7 Å². The zero-order chi connectivity index (χ0) is 8.43. The molecule has 1 rings (SSSR count). The molecule has 66 valence electrons. The van der Waals surface area contributed by atoms with Gasteiger partial charge in [0.1, 0.15) is 11.5 Å². The van der Waals surface area contributed by atoms with Gasteiger partial charge in [-0.3, -0.25) is 0 Å². The van der Waals surface area contributed by atoms with Crippen molar-refractivity contribution in [3.63, 3.8) is 0 Å². The molecule has 1 fully saturated rings. The average molecular weight is 178 g/mol. The first kappa shape index (κ1) is 9.32. The third kappa shape index (κ3) is 2.08. The smallest absolute Gasteiger partial charge is 0.106 e. The Kier molecular flexibility index (Phi) is 3.18. The molecule has 0 saturated carbocycles. The van der Waals surface area contributed by atoms with Crippen LogP contribution in [0.4, 0.5) is 0 Å². The zero-order valence-electron chi connectivity index (χ0n) is 6.73. The molecule has 1 aliphatic heterocycles. The van der Waals surface area contributed by atoms with Gasteiger partial charge in [-0.15, -0.1) is 11.8 Å². The van der Waals surface area contributed by atoms with Crippen LogP contribution in [0.5, 0.6) is 0 Å². The van der Waals surface area contributed by atoms with Crippen molar-refractivity contribution in [1.82, 2.24) is 0 Å². The Morgan fingerprint density at radius 1 is 1.45 bits per heavy atom. The fourth-order valence-electron chi connectivity index (χ4n) is 1.18. The summed E-state index contributed by atoms with van der Waals surface area (Å²) in [5.74, 6) is 0. The standard InChI is InChI=1S/C7H14O3S/c1-4-7(9)5(8)3-6(10-4)11-2/h4-9H,3H2,1-2H3. The van der Waals surface area contributed by atoms with Gasteiger partial charge in [0, 0.05) is 6.42 Å². The Morgan fingerprint density at radius 2 is 2.09 bits per heavy atom. The van der Waals surface area contributed by atoms with Crippen molar-refractivity contribution >= 4 is 11.8 Å². The Bertz CT molecular complexity index is 119. The third-order valence-corrected chi connectivity index (χ3v) is 2.77. The number of aliphatic hydroxyl groups excluding tert-OH is 2. The molecule has 4 unspecified atom stereocenters. The molecule has 3 nitrogen and oxygen atoms in total. The molecular weight excluding hydrogens is 164 g/mol. The second kappa shape index (κ2) is 3.76. The van der Waals surface area contributed by atoms with Crippen molar-refractivity contribution in [1.29, 1.82) is 0 Å². The van der Waals surface area contributed by atoms with E-state index in [2.05, 4.69) is 0 Å². The van der Waals surface area contributed by atoms with Gasteiger partial charge >= 0.3 is 0 Å². The maximum atomic E-state index is 9.31. The van der Waals surface area contributed by atoms with Gasteiger partial charge in [0.25, 0.3) is 0 Å². The summed E-state index contributed by atoms with van der Waals surface area (Å²) in [6.45, 7) is 1.77. The molecule has 0 amide bonds. The minimum atomic E-state index is -0.724. The van der Waals surface area contributed by atoms with Gasteiger partial charge in [0.05, 0.1) is 12.2 Å². The molecule has 0 bridgehead atoms. The number of aliphatic hydroxyl groups is 2. The van der Waals surface area contributed by atoms with Crippen LogP contribution in [0, 0.1) is 0 Å². The molecule has 2 N–H and O–H groups in total. The summed E-state index contributed by atoms with van der Waals surface area (Å²) in [5, 5.41) is 18.6. The molecule has 0 aromatic rings. The lowest BCUT2D eigenvalue weighted by Gasteiger charge is -2.34. The van der Waals surface area contributed by atoms with Crippen molar-refractivity contribution < 1.29 is 14.9 Å². The van der Waals surface area contributed by atoms with E-state index in [0.29, 0.717) is 6.42 Å². The van der Waals surface area contributed by atoms with Crippen molar-refractivity contribution in [2.24, 2.45) is 0 Å². The van der Waals surface area contributed by atoms with Crippen LogP contribution < -0.4 is 0 Å². The summed E-state index contributed by atoms with van der Waals surface area (Å²) in [6, 6.07) is 0. The highest BCUT2D eigenvalue weighted by Crippen LogP contribution is 2.25. The molecule has 0 aromatic carbocycles. The largest absolute Gasteiger partial charge is 0.390 e. The van der Waals surface area contributed by atoms with Crippen LogP contribution >= 0.6 is 11.8 Å². The van der Waals surface area contributed by atoms with Crippen molar-refractivity contribution in [3.05, 3.63) is 0 Å². The number of rotatable bonds is 1. The van der Waals surface area contributed by atoms with Gasteiger partial charge < -0.3 is 14.9 Å². The zero-order valence-corrected chi connectivity index (χ0v) is 7.54. The van der Waals surface area contributed by atoms with Crippen LogP contribution in [0.1, 0.15) is 13.3 Å².